The van der Waals surface area contributed by atoms with Crippen molar-refractivity contribution in [3.8, 4) is 0 Å². The summed E-state index contributed by atoms with van der Waals surface area (Å²) in [5.41, 5.74) is 7.36. The molecule has 2 aromatic carbocycles. The molecule has 0 unspecified atom stereocenters. The van der Waals surface area contributed by atoms with Crippen LogP contribution in [0.4, 0.5) is 5.69 Å². The predicted molar refractivity (Wildman–Crippen MR) is 108 cm³/mol. The van der Waals surface area contributed by atoms with Gasteiger partial charge in [-0.05, 0) is 56.2 Å². The lowest BCUT2D eigenvalue weighted by Crippen LogP contribution is -2.41. The van der Waals surface area contributed by atoms with E-state index >= 15 is 0 Å². The SMILES string of the molecule is Cc1ccc(C(=O)NNC(=O)c2ccc(NC(=O)C3CCCCC3)cc2)cc1. The van der Waals surface area contributed by atoms with Crippen molar-refractivity contribution in [1.82, 2.24) is 10.9 Å². The number of aryl methyl sites for hydroxylation is 1. The lowest BCUT2D eigenvalue weighted by atomic mass is 9.88. The minimum atomic E-state index is -0.425. The summed E-state index contributed by atoms with van der Waals surface area (Å²) in [7, 11) is 0. The molecule has 1 fully saturated rings. The monoisotopic (exact) mass is 379 g/mol. The highest BCUT2D eigenvalue weighted by atomic mass is 16.2. The van der Waals surface area contributed by atoms with E-state index in [2.05, 4.69) is 16.2 Å². The zero-order valence-corrected chi connectivity index (χ0v) is 16.0. The second-order valence-corrected chi connectivity index (χ2v) is 7.18. The Morgan fingerprint density at radius 1 is 0.750 bits per heavy atom. The first kappa shape index (κ1) is 19.6. The molecule has 0 saturated heterocycles. The summed E-state index contributed by atoms with van der Waals surface area (Å²) in [5, 5.41) is 2.91. The average molecular weight is 379 g/mol. The van der Waals surface area contributed by atoms with Gasteiger partial charge in [0.05, 0.1) is 0 Å². The molecular weight excluding hydrogens is 354 g/mol. The molecule has 146 valence electrons. The van der Waals surface area contributed by atoms with Gasteiger partial charge in [0.25, 0.3) is 11.8 Å². The molecule has 1 saturated carbocycles. The topological polar surface area (TPSA) is 87.3 Å². The first-order valence-electron chi connectivity index (χ1n) is 9.61. The van der Waals surface area contributed by atoms with Crippen molar-refractivity contribution >= 4 is 23.4 Å². The molecule has 28 heavy (non-hydrogen) atoms. The zero-order chi connectivity index (χ0) is 19.9. The lowest BCUT2D eigenvalue weighted by molar-refractivity contribution is -0.120. The molecule has 0 atom stereocenters. The van der Waals surface area contributed by atoms with Crippen molar-refractivity contribution in [3.05, 3.63) is 65.2 Å². The smallest absolute Gasteiger partial charge is 0.269 e. The number of anilines is 1. The van der Waals surface area contributed by atoms with E-state index in [0.29, 0.717) is 16.8 Å². The van der Waals surface area contributed by atoms with Gasteiger partial charge in [0.15, 0.2) is 0 Å². The standard InChI is InChI=1S/C22H25N3O3/c1-15-7-9-17(10-8-15)21(27)24-25-22(28)18-11-13-19(14-12-18)23-20(26)16-5-3-2-4-6-16/h7-14,16H,2-6H2,1H3,(H,23,26)(H,24,27)(H,25,28). The Bertz CT molecular complexity index is 838. The van der Waals surface area contributed by atoms with E-state index < -0.39 is 5.91 Å². The van der Waals surface area contributed by atoms with Gasteiger partial charge >= 0.3 is 0 Å². The number of rotatable bonds is 4. The van der Waals surface area contributed by atoms with Crippen molar-refractivity contribution in [2.45, 2.75) is 39.0 Å². The zero-order valence-electron chi connectivity index (χ0n) is 16.0. The fourth-order valence-corrected chi connectivity index (χ4v) is 3.28. The van der Waals surface area contributed by atoms with E-state index in [0.717, 1.165) is 31.2 Å². The van der Waals surface area contributed by atoms with E-state index in [1.807, 2.05) is 19.1 Å². The van der Waals surface area contributed by atoms with Gasteiger partial charge in [0.1, 0.15) is 0 Å². The van der Waals surface area contributed by atoms with E-state index in [1.54, 1.807) is 36.4 Å². The summed E-state index contributed by atoms with van der Waals surface area (Å²) >= 11 is 0. The first-order valence-corrected chi connectivity index (χ1v) is 9.61. The van der Waals surface area contributed by atoms with Crippen LogP contribution in [0.15, 0.2) is 48.5 Å². The van der Waals surface area contributed by atoms with Gasteiger partial charge in [-0.2, -0.15) is 0 Å². The third kappa shape index (κ3) is 5.19. The van der Waals surface area contributed by atoms with Gasteiger partial charge < -0.3 is 5.32 Å². The van der Waals surface area contributed by atoms with Crippen LogP contribution in [0.3, 0.4) is 0 Å². The minimum absolute atomic E-state index is 0.0438. The molecule has 0 spiro atoms. The Labute approximate surface area is 164 Å². The highest BCUT2D eigenvalue weighted by molar-refractivity contribution is 5.99. The first-order chi connectivity index (χ1) is 13.5. The van der Waals surface area contributed by atoms with Gasteiger partial charge in [-0.25, -0.2) is 0 Å². The number of carbonyl (C=O) groups is 3. The van der Waals surface area contributed by atoms with Crippen LogP contribution in [0.25, 0.3) is 0 Å². The number of hydrogen-bond donors (Lipinski definition) is 3. The summed E-state index contributed by atoms with van der Waals surface area (Å²) in [4.78, 5) is 36.5. The Morgan fingerprint density at radius 3 is 1.79 bits per heavy atom. The van der Waals surface area contributed by atoms with Gasteiger partial charge in [-0.1, -0.05) is 37.0 Å². The number of nitrogens with one attached hydrogen (secondary N) is 3. The summed E-state index contributed by atoms with van der Waals surface area (Å²) < 4.78 is 0. The van der Waals surface area contributed by atoms with Crippen LogP contribution in [-0.2, 0) is 4.79 Å². The molecular formula is C22H25N3O3. The fourth-order valence-electron chi connectivity index (χ4n) is 3.28. The number of hydrogen-bond acceptors (Lipinski definition) is 3. The van der Waals surface area contributed by atoms with Crippen molar-refractivity contribution in [2.75, 3.05) is 5.32 Å². The van der Waals surface area contributed by atoms with E-state index in [9.17, 15) is 14.4 Å². The van der Waals surface area contributed by atoms with E-state index in [-0.39, 0.29) is 17.7 Å². The van der Waals surface area contributed by atoms with Gasteiger partial charge in [0, 0.05) is 22.7 Å². The number of benzene rings is 2. The molecule has 0 heterocycles. The summed E-state index contributed by atoms with van der Waals surface area (Å²) in [6, 6.07) is 13.7. The van der Waals surface area contributed by atoms with Crippen LogP contribution >= 0.6 is 0 Å². The molecule has 0 aliphatic heterocycles. The van der Waals surface area contributed by atoms with Crippen LogP contribution in [0.1, 0.15) is 58.4 Å². The van der Waals surface area contributed by atoms with Gasteiger partial charge in [-0.3, -0.25) is 25.2 Å². The Morgan fingerprint density at radius 2 is 1.25 bits per heavy atom. The van der Waals surface area contributed by atoms with E-state index in [1.165, 1.54) is 6.42 Å². The van der Waals surface area contributed by atoms with Crippen molar-refractivity contribution in [1.29, 1.82) is 0 Å². The summed E-state index contributed by atoms with van der Waals surface area (Å²) in [5.74, 6) is -0.689. The second kappa shape index (κ2) is 9.17. The van der Waals surface area contributed by atoms with Crippen LogP contribution in [0, 0.1) is 12.8 Å². The quantitative estimate of drug-likeness (QED) is 0.710. The molecule has 0 bridgehead atoms. The Balaban J connectivity index is 1.51. The number of hydrazine groups is 1. The molecule has 6 nitrogen and oxygen atoms in total. The highest BCUT2D eigenvalue weighted by Crippen LogP contribution is 2.25. The molecule has 0 aromatic heterocycles. The lowest BCUT2D eigenvalue weighted by Gasteiger charge is -2.20. The van der Waals surface area contributed by atoms with Crippen LogP contribution in [-0.4, -0.2) is 17.7 Å². The normalized spacial score (nSPS) is 14.2. The third-order valence-electron chi connectivity index (χ3n) is 4.99. The molecule has 1 aliphatic carbocycles. The predicted octanol–water partition coefficient (Wildman–Crippen LogP) is 3.59. The van der Waals surface area contributed by atoms with Gasteiger partial charge in [-0.15, -0.1) is 0 Å². The van der Waals surface area contributed by atoms with Crippen LogP contribution in [0.2, 0.25) is 0 Å². The number of amides is 3. The molecule has 6 heteroatoms. The maximum Gasteiger partial charge on any atom is 0.269 e. The number of carbonyl (C=O) groups excluding carboxylic acids is 3. The Kier molecular flexibility index (Phi) is 6.42. The minimum Gasteiger partial charge on any atom is -0.326 e. The van der Waals surface area contributed by atoms with Crippen molar-refractivity contribution in [3.63, 3.8) is 0 Å². The molecule has 3 amide bonds. The fraction of sp³-hybridized carbons (Fsp3) is 0.318. The van der Waals surface area contributed by atoms with Gasteiger partial charge in [0.2, 0.25) is 5.91 Å². The maximum absolute atomic E-state index is 12.3. The third-order valence-corrected chi connectivity index (χ3v) is 4.99. The largest absolute Gasteiger partial charge is 0.326 e. The second-order valence-electron chi connectivity index (χ2n) is 7.18. The molecule has 2 aromatic rings. The summed E-state index contributed by atoms with van der Waals surface area (Å²) in [6.07, 6.45) is 5.28. The molecule has 3 N–H and O–H groups in total. The summed E-state index contributed by atoms with van der Waals surface area (Å²) in [6.45, 7) is 1.94. The van der Waals surface area contributed by atoms with Crippen LogP contribution in [0.5, 0.6) is 0 Å². The van der Waals surface area contributed by atoms with Crippen molar-refractivity contribution < 1.29 is 14.4 Å². The molecule has 0 radical (unpaired) electrons. The maximum atomic E-state index is 12.3. The highest BCUT2D eigenvalue weighted by Gasteiger charge is 2.21. The van der Waals surface area contributed by atoms with Crippen molar-refractivity contribution in [2.24, 2.45) is 5.92 Å². The average Bonchev–Trinajstić information content (AvgIpc) is 2.73. The molecule has 1 aliphatic rings. The van der Waals surface area contributed by atoms with E-state index in [4.69, 9.17) is 0 Å². The van der Waals surface area contributed by atoms with Crippen LogP contribution < -0.4 is 16.2 Å². The molecule has 3 rings (SSSR count). The Hall–Kier alpha value is -3.15.